The molecule has 3 rings (SSSR count). The first-order valence-corrected chi connectivity index (χ1v) is 10.0. The van der Waals surface area contributed by atoms with Gasteiger partial charge in [-0.15, -0.1) is 0 Å². The van der Waals surface area contributed by atoms with Crippen LogP contribution in [0.15, 0.2) is 42.5 Å². The first-order chi connectivity index (χ1) is 11.4. The molecule has 0 fully saturated rings. The highest BCUT2D eigenvalue weighted by Crippen LogP contribution is 2.39. The van der Waals surface area contributed by atoms with E-state index in [2.05, 4.69) is 20.7 Å². The molecule has 1 N–H and O–H groups in total. The van der Waals surface area contributed by atoms with Crippen molar-refractivity contribution in [1.29, 1.82) is 0 Å². The molecule has 1 heterocycles. The van der Waals surface area contributed by atoms with Crippen LogP contribution in [0.4, 0.5) is 11.4 Å². The molecular weight excluding hydrogens is 396 g/mol. The number of para-hydroxylation sites is 2. The molecule has 0 spiro atoms. The van der Waals surface area contributed by atoms with Crippen LogP contribution in [0.25, 0.3) is 0 Å². The molecule has 1 aliphatic heterocycles. The van der Waals surface area contributed by atoms with E-state index in [-0.39, 0.29) is 10.6 Å². The van der Waals surface area contributed by atoms with Crippen molar-refractivity contribution >= 4 is 43.2 Å². The summed E-state index contributed by atoms with van der Waals surface area (Å²) in [5, 5.41) is 0. The van der Waals surface area contributed by atoms with Crippen molar-refractivity contribution in [3.63, 3.8) is 0 Å². The molecule has 0 saturated carbocycles. The third-order valence-corrected chi connectivity index (χ3v) is 6.21. The van der Waals surface area contributed by atoms with Crippen molar-refractivity contribution in [3.05, 3.63) is 48.0 Å². The molecule has 1 amide bonds. The van der Waals surface area contributed by atoms with Gasteiger partial charge in [-0.05, 0) is 37.3 Å². The van der Waals surface area contributed by atoms with Crippen molar-refractivity contribution in [2.75, 3.05) is 20.8 Å². The number of fused-ring (bicyclic) bond motifs is 2. The molecule has 1 aliphatic rings. The fourth-order valence-corrected chi connectivity index (χ4v) is 3.39. The topological polar surface area (TPSA) is 75.7 Å². The molecule has 2 aromatic carbocycles. The predicted octanol–water partition coefficient (Wildman–Crippen LogP) is 3.55. The number of benzene rings is 2. The van der Waals surface area contributed by atoms with E-state index in [0.29, 0.717) is 35.0 Å². The van der Waals surface area contributed by atoms with E-state index in [1.54, 1.807) is 23.1 Å². The van der Waals surface area contributed by atoms with E-state index in [4.69, 9.17) is 4.74 Å². The van der Waals surface area contributed by atoms with E-state index in [9.17, 15) is 13.2 Å². The van der Waals surface area contributed by atoms with E-state index in [0.717, 1.165) is 0 Å². The number of hydrogen-bond acceptors (Lipinski definition) is 4. The Labute approximate surface area is 148 Å². The zero-order chi connectivity index (χ0) is 17.3. The average molecular weight is 411 g/mol. The minimum Gasteiger partial charge on any atom is -0.454 e. The average Bonchev–Trinajstić information content (AvgIpc) is 2.69. The van der Waals surface area contributed by atoms with Crippen LogP contribution in [0, 0.1) is 0 Å². The number of hydrogen-bond donors (Lipinski definition) is 1. The first kappa shape index (κ1) is 16.8. The lowest BCUT2D eigenvalue weighted by Gasteiger charge is -2.19. The molecular formula is C16H15BrN2O4S. The van der Waals surface area contributed by atoms with Gasteiger partial charge in [0, 0.05) is 12.2 Å². The number of carbonyl (C=O) groups excluding carboxylic acids is 1. The molecule has 0 aromatic heterocycles. The Hall–Kier alpha value is -2.06. The van der Waals surface area contributed by atoms with Crippen molar-refractivity contribution in [2.45, 2.75) is 6.92 Å². The summed E-state index contributed by atoms with van der Waals surface area (Å²) in [4.78, 5) is 14.5. The van der Waals surface area contributed by atoms with Crippen molar-refractivity contribution in [1.82, 2.24) is 0 Å². The molecule has 0 bridgehead atoms. The zero-order valence-electron chi connectivity index (χ0n) is 12.8. The number of nitrogens with one attached hydrogen (secondary N) is 1. The van der Waals surface area contributed by atoms with Crippen molar-refractivity contribution in [2.24, 2.45) is 0 Å². The van der Waals surface area contributed by atoms with Gasteiger partial charge in [0.15, 0.2) is 5.75 Å². The Morgan fingerprint density at radius 2 is 1.92 bits per heavy atom. The quantitative estimate of drug-likeness (QED) is 0.781. The molecule has 24 heavy (non-hydrogen) atoms. The number of halogens is 1. The fourth-order valence-electron chi connectivity index (χ4n) is 2.51. The molecule has 0 atom stereocenters. The lowest BCUT2D eigenvalue weighted by atomic mass is 10.1. The molecule has 8 heteroatoms. The summed E-state index contributed by atoms with van der Waals surface area (Å²) in [6, 6.07) is 11.9. The zero-order valence-corrected chi connectivity index (χ0v) is 15.2. The van der Waals surface area contributed by atoms with Gasteiger partial charge in [-0.3, -0.25) is 9.52 Å². The van der Waals surface area contributed by atoms with Gasteiger partial charge in [0.1, 0.15) is 10.4 Å². The third kappa shape index (κ3) is 3.11. The summed E-state index contributed by atoms with van der Waals surface area (Å²) in [6.07, 6.45) is 0. The fraction of sp³-hybridized carbons (Fsp3) is 0.188. The minimum absolute atomic E-state index is 0.228. The van der Waals surface area contributed by atoms with Crippen LogP contribution in [0.3, 0.4) is 0 Å². The normalized spacial score (nSPS) is 13.6. The Bertz CT molecular complexity index is 899. The third-order valence-electron chi connectivity index (χ3n) is 3.56. The smallest absolute Gasteiger partial charge is 0.262 e. The molecule has 0 saturated heterocycles. The lowest BCUT2D eigenvalue weighted by Crippen LogP contribution is -2.29. The monoisotopic (exact) mass is 410 g/mol. The van der Waals surface area contributed by atoms with Gasteiger partial charge in [0.2, 0.25) is 10.0 Å². The van der Waals surface area contributed by atoms with Gasteiger partial charge in [0.05, 0.1) is 11.3 Å². The van der Waals surface area contributed by atoms with Crippen LogP contribution in [0.5, 0.6) is 11.5 Å². The molecule has 126 valence electrons. The largest absolute Gasteiger partial charge is 0.454 e. The SMILES string of the molecule is CCN1C(=O)c2cc(NS(=O)(=O)CBr)ccc2Oc2ccccc21. The highest BCUT2D eigenvalue weighted by Gasteiger charge is 2.27. The summed E-state index contributed by atoms with van der Waals surface area (Å²) in [5.41, 5.74) is 1.30. The van der Waals surface area contributed by atoms with Gasteiger partial charge in [-0.25, -0.2) is 8.42 Å². The number of ether oxygens (including phenoxy) is 1. The number of rotatable bonds is 4. The maximum Gasteiger partial charge on any atom is 0.262 e. The molecule has 2 aromatic rings. The van der Waals surface area contributed by atoms with Gasteiger partial charge < -0.3 is 9.64 Å². The number of anilines is 2. The van der Waals surface area contributed by atoms with Crippen LogP contribution >= 0.6 is 15.9 Å². The van der Waals surface area contributed by atoms with Gasteiger partial charge >= 0.3 is 0 Å². The van der Waals surface area contributed by atoms with Gasteiger partial charge in [0.25, 0.3) is 5.91 Å². The van der Waals surface area contributed by atoms with Crippen LogP contribution in [-0.2, 0) is 10.0 Å². The minimum atomic E-state index is -3.50. The lowest BCUT2D eigenvalue weighted by molar-refractivity contribution is 0.0988. The highest BCUT2D eigenvalue weighted by molar-refractivity contribution is 9.10. The summed E-state index contributed by atoms with van der Waals surface area (Å²) >= 11 is 2.92. The highest BCUT2D eigenvalue weighted by atomic mass is 79.9. The summed E-state index contributed by atoms with van der Waals surface area (Å²) in [6.45, 7) is 2.34. The van der Waals surface area contributed by atoms with Gasteiger partial charge in [-0.1, -0.05) is 28.1 Å². The Morgan fingerprint density at radius 3 is 2.62 bits per heavy atom. The van der Waals surface area contributed by atoms with E-state index in [1.165, 1.54) is 6.07 Å². The second kappa shape index (κ2) is 6.45. The molecule has 0 unspecified atom stereocenters. The Kier molecular flexibility index (Phi) is 4.51. The Balaban J connectivity index is 2.08. The maximum absolute atomic E-state index is 12.9. The number of carbonyl (C=O) groups is 1. The van der Waals surface area contributed by atoms with E-state index in [1.807, 2.05) is 25.1 Å². The second-order valence-electron chi connectivity index (χ2n) is 5.16. The molecule has 0 radical (unpaired) electrons. The number of alkyl halides is 1. The summed E-state index contributed by atoms with van der Waals surface area (Å²) in [7, 11) is -3.50. The van der Waals surface area contributed by atoms with Crippen LogP contribution in [0.1, 0.15) is 17.3 Å². The van der Waals surface area contributed by atoms with E-state index < -0.39 is 10.0 Å². The first-order valence-electron chi connectivity index (χ1n) is 7.24. The van der Waals surface area contributed by atoms with Crippen LogP contribution < -0.4 is 14.4 Å². The second-order valence-corrected chi connectivity index (χ2v) is 8.18. The van der Waals surface area contributed by atoms with Crippen molar-refractivity contribution in [3.8, 4) is 11.5 Å². The molecule has 6 nitrogen and oxygen atoms in total. The number of amides is 1. The summed E-state index contributed by atoms with van der Waals surface area (Å²) < 4.78 is 31.5. The van der Waals surface area contributed by atoms with Crippen molar-refractivity contribution < 1.29 is 17.9 Å². The Morgan fingerprint density at radius 1 is 1.17 bits per heavy atom. The number of sulfonamides is 1. The van der Waals surface area contributed by atoms with E-state index >= 15 is 0 Å². The van der Waals surface area contributed by atoms with Gasteiger partial charge in [-0.2, -0.15) is 0 Å². The molecule has 0 aliphatic carbocycles. The predicted molar refractivity (Wildman–Crippen MR) is 96.6 cm³/mol. The van der Waals surface area contributed by atoms with Crippen LogP contribution in [0.2, 0.25) is 0 Å². The maximum atomic E-state index is 12.9. The number of nitrogens with zero attached hydrogens (tertiary/aromatic N) is 1. The summed E-state index contributed by atoms with van der Waals surface area (Å²) in [5.74, 6) is 0.739. The van der Waals surface area contributed by atoms with Crippen LogP contribution in [-0.4, -0.2) is 25.5 Å². The standard InChI is InChI=1S/C16H15BrN2O4S/c1-2-19-13-5-3-4-6-15(13)23-14-8-7-11(9-12(14)16(19)20)18-24(21,22)10-17/h3-9,18H,2,10H2,1H3.